The topological polar surface area (TPSA) is 62.5 Å². The van der Waals surface area contributed by atoms with Crippen molar-refractivity contribution >= 4 is 15.9 Å². The molecular formula is C20H13BrFNO3. The van der Waals surface area contributed by atoms with Crippen molar-refractivity contribution in [3.05, 3.63) is 70.5 Å². The van der Waals surface area contributed by atoms with Crippen molar-refractivity contribution in [2.45, 2.75) is 0 Å². The summed E-state index contributed by atoms with van der Waals surface area (Å²) in [5.74, 6) is 0.793. The highest BCUT2D eigenvalue weighted by atomic mass is 79.9. The van der Waals surface area contributed by atoms with Crippen LogP contribution in [0, 0.1) is 17.1 Å². The number of benzene rings is 3. The van der Waals surface area contributed by atoms with E-state index >= 15 is 0 Å². The Bertz CT molecular complexity index is 1010. The van der Waals surface area contributed by atoms with Gasteiger partial charge in [0.25, 0.3) is 0 Å². The van der Waals surface area contributed by atoms with E-state index in [2.05, 4.69) is 22.0 Å². The Labute approximate surface area is 158 Å². The molecule has 0 fully saturated rings. The molecule has 0 saturated heterocycles. The number of aromatic hydroxyl groups is 1. The van der Waals surface area contributed by atoms with E-state index in [9.17, 15) is 14.8 Å². The van der Waals surface area contributed by atoms with Gasteiger partial charge >= 0.3 is 0 Å². The van der Waals surface area contributed by atoms with E-state index in [1.165, 1.54) is 37.4 Å². The molecule has 26 heavy (non-hydrogen) atoms. The molecule has 0 saturated carbocycles. The predicted molar refractivity (Wildman–Crippen MR) is 99.0 cm³/mol. The largest absolute Gasteiger partial charge is 0.508 e. The average molecular weight is 414 g/mol. The van der Waals surface area contributed by atoms with Crippen LogP contribution in [0.4, 0.5) is 4.39 Å². The Morgan fingerprint density at radius 1 is 1.04 bits per heavy atom. The summed E-state index contributed by atoms with van der Waals surface area (Å²) in [7, 11) is 1.49. The fourth-order valence-corrected chi connectivity index (χ4v) is 2.93. The molecule has 0 aliphatic rings. The summed E-state index contributed by atoms with van der Waals surface area (Å²) in [6, 6.07) is 15.9. The lowest BCUT2D eigenvalue weighted by atomic mass is 9.99. The normalized spacial score (nSPS) is 10.2. The highest BCUT2D eigenvalue weighted by Crippen LogP contribution is 2.38. The molecule has 0 atom stereocenters. The van der Waals surface area contributed by atoms with Gasteiger partial charge in [-0.05, 0) is 58.4 Å². The first-order chi connectivity index (χ1) is 12.5. The molecule has 0 bridgehead atoms. The molecule has 0 heterocycles. The Morgan fingerprint density at radius 3 is 2.54 bits per heavy atom. The summed E-state index contributed by atoms with van der Waals surface area (Å²) in [6.45, 7) is 0. The van der Waals surface area contributed by atoms with Crippen LogP contribution in [-0.4, -0.2) is 12.2 Å². The maximum Gasteiger partial charge on any atom is 0.145 e. The second kappa shape index (κ2) is 7.46. The molecule has 1 N–H and O–H groups in total. The van der Waals surface area contributed by atoms with Gasteiger partial charge in [-0.2, -0.15) is 5.26 Å². The van der Waals surface area contributed by atoms with E-state index < -0.39 is 5.82 Å². The minimum absolute atomic E-state index is 0.0805. The quantitative estimate of drug-likeness (QED) is 0.601. The zero-order valence-electron chi connectivity index (χ0n) is 13.7. The van der Waals surface area contributed by atoms with Crippen LogP contribution in [-0.2, 0) is 0 Å². The van der Waals surface area contributed by atoms with Crippen LogP contribution in [0.5, 0.6) is 23.0 Å². The lowest BCUT2D eigenvalue weighted by Crippen LogP contribution is -1.95. The van der Waals surface area contributed by atoms with Crippen molar-refractivity contribution in [1.29, 1.82) is 5.26 Å². The van der Waals surface area contributed by atoms with Crippen molar-refractivity contribution in [2.75, 3.05) is 7.11 Å². The molecule has 6 heteroatoms. The number of rotatable bonds is 4. The van der Waals surface area contributed by atoms with Gasteiger partial charge in [0, 0.05) is 11.1 Å². The van der Waals surface area contributed by atoms with Gasteiger partial charge < -0.3 is 14.6 Å². The molecule has 0 unspecified atom stereocenters. The molecule has 0 spiro atoms. The maximum atomic E-state index is 14.3. The molecule has 3 aromatic rings. The minimum Gasteiger partial charge on any atom is -0.508 e. The molecule has 0 amide bonds. The molecule has 0 aliphatic carbocycles. The van der Waals surface area contributed by atoms with Crippen molar-refractivity contribution in [2.24, 2.45) is 0 Å². The van der Waals surface area contributed by atoms with Crippen LogP contribution in [0.1, 0.15) is 5.56 Å². The molecule has 0 aromatic heterocycles. The van der Waals surface area contributed by atoms with Gasteiger partial charge in [-0.1, -0.05) is 12.1 Å². The van der Waals surface area contributed by atoms with Crippen LogP contribution >= 0.6 is 15.9 Å². The first kappa shape index (κ1) is 17.8. The summed E-state index contributed by atoms with van der Waals surface area (Å²) in [4.78, 5) is 0. The molecular weight excluding hydrogens is 401 g/mol. The zero-order chi connectivity index (χ0) is 18.7. The molecule has 0 radical (unpaired) electrons. The number of methoxy groups -OCH3 is 1. The maximum absolute atomic E-state index is 14.3. The molecule has 130 valence electrons. The number of hydrogen-bond donors (Lipinski definition) is 1. The van der Waals surface area contributed by atoms with Crippen LogP contribution in [0.3, 0.4) is 0 Å². The summed E-state index contributed by atoms with van der Waals surface area (Å²) in [6.07, 6.45) is 0. The number of hydrogen-bond acceptors (Lipinski definition) is 4. The van der Waals surface area contributed by atoms with Crippen LogP contribution in [0.25, 0.3) is 11.1 Å². The number of phenols is 1. The van der Waals surface area contributed by atoms with Crippen molar-refractivity contribution in [3.8, 4) is 40.2 Å². The number of ether oxygens (including phenoxy) is 2. The van der Waals surface area contributed by atoms with Gasteiger partial charge in [0.1, 0.15) is 40.4 Å². The fraction of sp³-hybridized carbons (Fsp3) is 0.0500. The summed E-state index contributed by atoms with van der Waals surface area (Å²) in [5, 5.41) is 19.1. The van der Waals surface area contributed by atoms with Crippen molar-refractivity contribution in [1.82, 2.24) is 0 Å². The second-order valence-corrected chi connectivity index (χ2v) is 6.21. The monoisotopic (exact) mass is 413 g/mol. The van der Waals surface area contributed by atoms with Gasteiger partial charge in [-0.25, -0.2) is 4.39 Å². The second-order valence-electron chi connectivity index (χ2n) is 5.35. The molecule has 4 nitrogen and oxygen atoms in total. The highest BCUT2D eigenvalue weighted by molar-refractivity contribution is 9.10. The molecule has 3 aromatic carbocycles. The average Bonchev–Trinajstić information content (AvgIpc) is 2.64. The van der Waals surface area contributed by atoms with Crippen LogP contribution in [0.2, 0.25) is 0 Å². The van der Waals surface area contributed by atoms with E-state index in [-0.39, 0.29) is 22.6 Å². The number of phenolic OH excluding ortho intramolecular Hbond substituents is 1. The SMILES string of the molecule is COc1ccc(F)c(-c2cccc(Oc3ccc(O)cc3Br)c2C#N)c1. The Balaban J connectivity index is 2.10. The Hall–Kier alpha value is -3.04. The Morgan fingerprint density at radius 2 is 1.85 bits per heavy atom. The van der Waals surface area contributed by atoms with E-state index in [0.717, 1.165) is 0 Å². The molecule has 0 aliphatic heterocycles. The van der Waals surface area contributed by atoms with Gasteiger partial charge in [-0.3, -0.25) is 0 Å². The lowest BCUT2D eigenvalue weighted by molar-refractivity contribution is 0.414. The third kappa shape index (κ3) is 3.48. The highest BCUT2D eigenvalue weighted by Gasteiger charge is 2.16. The zero-order valence-corrected chi connectivity index (χ0v) is 15.2. The van der Waals surface area contributed by atoms with E-state index in [1.54, 1.807) is 24.3 Å². The number of halogens is 2. The summed E-state index contributed by atoms with van der Waals surface area (Å²) in [5.41, 5.74) is 0.840. The smallest absolute Gasteiger partial charge is 0.145 e. The number of nitrogens with zero attached hydrogens (tertiary/aromatic N) is 1. The summed E-state index contributed by atoms with van der Waals surface area (Å²) >= 11 is 3.30. The van der Waals surface area contributed by atoms with Crippen molar-refractivity contribution < 1.29 is 19.0 Å². The standard InChI is InChI=1S/C20H13BrFNO3/c1-25-13-6-7-18(22)15(10-13)14-3-2-4-19(16(14)11-23)26-20-8-5-12(24)9-17(20)21/h2-10,24H,1H3. The fourth-order valence-electron chi connectivity index (χ4n) is 2.48. The summed E-state index contributed by atoms with van der Waals surface area (Å²) < 4.78 is 25.8. The van der Waals surface area contributed by atoms with Gasteiger partial charge in [0.2, 0.25) is 0 Å². The van der Waals surface area contributed by atoms with E-state index in [0.29, 0.717) is 21.5 Å². The lowest BCUT2D eigenvalue weighted by Gasteiger charge is -2.13. The van der Waals surface area contributed by atoms with Crippen LogP contribution in [0.15, 0.2) is 59.1 Å². The third-order valence-corrected chi connectivity index (χ3v) is 4.36. The van der Waals surface area contributed by atoms with Gasteiger partial charge in [-0.15, -0.1) is 0 Å². The minimum atomic E-state index is -0.467. The third-order valence-electron chi connectivity index (χ3n) is 3.74. The van der Waals surface area contributed by atoms with E-state index in [1.807, 2.05) is 0 Å². The van der Waals surface area contributed by atoms with Gasteiger partial charge in [0.05, 0.1) is 11.6 Å². The first-order valence-electron chi connectivity index (χ1n) is 7.57. The van der Waals surface area contributed by atoms with Gasteiger partial charge in [0.15, 0.2) is 0 Å². The predicted octanol–water partition coefficient (Wildman–Crippen LogP) is 5.63. The first-order valence-corrected chi connectivity index (χ1v) is 8.36. The van der Waals surface area contributed by atoms with E-state index in [4.69, 9.17) is 9.47 Å². The molecule has 3 rings (SSSR count). The van der Waals surface area contributed by atoms with Crippen molar-refractivity contribution in [3.63, 3.8) is 0 Å². The number of nitriles is 1. The Kier molecular flexibility index (Phi) is 5.10. The van der Waals surface area contributed by atoms with Crippen LogP contribution < -0.4 is 9.47 Å².